The first-order valence-corrected chi connectivity index (χ1v) is 6.47. The minimum absolute atomic E-state index is 0.208. The van der Waals surface area contributed by atoms with Crippen LogP contribution in [-0.4, -0.2) is 31.5 Å². The van der Waals surface area contributed by atoms with Crippen LogP contribution < -0.4 is 4.72 Å². The molecule has 9 heteroatoms. The maximum Gasteiger partial charge on any atom is 0.511 e. The Bertz CT molecular complexity index is 542. The van der Waals surface area contributed by atoms with Crippen molar-refractivity contribution >= 4 is 16.0 Å². The Morgan fingerprint density at radius 3 is 2.21 bits per heavy atom. The number of rotatable bonds is 5. The Morgan fingerprint density at radius 2 is 1.79 bits per heavy atom. The monoisotopic (exact) mass is 297 g/mol. The van der Waals surface area contributed by atoms with Crippen molar-refractivity contribution in [2.75, 3.05) is 6.54 Å². The molecule has 0 heterocycles. The van der Waals surface area contributed by atoms with E-state index in [2.05, 4.69) is 0 Å². The smallest absolute Gasteiger partial charge is 0.481 e. The molecule has 1 rings (SSSR count). The molecule has 5 nitrogen and oxygen atoms in total. The van der Waals surface area contributed by atoms with E-state index in [1.165, 1.54) is 29.0 Å². The molecule has 0 aliphatic heterocycles. The van der Waals surface area contributed by atoms with Gasteiger partial charge in [0.05, 0.1) is 5.92 Å². The maximum absolute atomic E-state index is 12.1. The Morgan fingerprint density at radius 1 is 1.26 bits per heavy atom. The van der Waals surface area contributed by atoms with Crippen LogP contribution in [0.25, 0.3) is 0 Å². The molecule has 106 valence electrons. The van der Waals surface area contributed by atoms with Crippen molar-refractivity contribution in [2.24, 2.45) is 0 Å². The SMILES string of the molecule is O=C(O)C(CNS(=O)(=O)C(F)(F)F)c1ccccc1. The van der Waals surface area contributed by atoms with Gasteiger partial charge in [-0.3, -0.25) is 4.79 Å². The van der Waals surface area contributed by atoms with Crippen LogP contribution >= 0.6 is 0 Å². The van der Waals surface area contributed by atoms with Crippen molar-refractivity contribution in [2.45, 2.75) is 11.4 Å². The molecule has 19 heavy (non-hydrogen) atoms. The quantitative estimate of drug-likeness (QED) is 0.858. The van der Waals surface area contributed by atoms with Crippen molar-refractivity contribution < 1.29 is 31.5 Å². The van der Waals surface area contributed by atoms with Crippen LogP contribution in [0.2, 0.25) is 0 Å². The van der Waals surface area contributed by atoms with Crippen LogP contribution in [0.3, 0.4) is 0 Å². The molecule has 0 amide bonds. The Balaban J connectivity index is 2.87. The van der Waals surface area contributed by atoms with Crippen molar-refractivity contribution in [3.8, 4) is 0 Å². The van der Waals surface area contributed by atoms with Crippen molar-refractivity contribution in [1.82, 2.24) is 4.72 Å². The van der Waals surface area contributed by atoms with E-state index >= 15 is 0 Å². The number of alkyl halides is 3. The first-order chi connectivity index (χ1) is 8.65. The molecule has 0 fully saturated rings. The number of hydrogen-bond donors (Lipinski definition) is 2. The molecule has 0 radical (unpaired) electrons. The van der Waals surface area contributed by atoms with E-state index in [4.69, 9.17) is 5.11 Å². The van der Waals surface area contributed by atoms with Crippen LogP contribution in [0.1, 0.15) is 11.5 Å². The third-order valence-electron chi connectivity index (χ3n) is 2.28. The van der Waals surface area contributed by atoms with Gasteiger partial charge in [-0.25, -0.2) is 13.1 Å². The van der Waals surface area contributed by atoms with E-state index in [1.54, 1.807) is 6.07 Å². The molecule has 0 aliphatic rings. The van der Waals surface area contributed by atoms with Crippen molar-refractivity contribution in [1.29, 1.82) is 0 Å². The molecule has 0 saturated carbocycles. The molecule has 1 unspecified atom stereocenters. The van der Waals surface area contributed by atoms with Crippen LogP contribution in [-0.2, 0) is 14.8 Å². The summed E-state index contributed by atoms with van der Waals surface area (Å²) in [5.74, 6) is -2.81. The van der Waals surface area contributed by atoms with E-state index in [9.17, 15) is 26.4 Å². The summed E-state index contributed by atoms with van der Waals surface area (Å²) in [6.45, 7) is -0.874. The fourth-order valence-electron chi connectivity index (χ4n) is 1.31. The fraction of sp³-hybridized carbons (Fsp3) is 0.300. The molecular weight excluding hydrogens is 287 g/mol. The van der Waals surface area contributed by atoms with Gasteiger partial charge in [0.1, 0.15) is 0 Å². The summed E-state index contributed by atoms with van der Waals surface area (Å²) in [6.07, 6.45) is 0. The van der Waals surface area contributed by atoms with Crippen LogP contribution in [0, 0.1) is 0 Å². The second-order valence-electron chi connectivity index (χ2n) is 3.60. The molecule has 1 aromatic carbocycles. The summed E-state index contributed by atoms with van der Waals surface area (Å²) >= 11 is 0. The average molecular weight is 297 g/mol. The van der Waals surface area contributed by atoms with Crippen LogP contribution in [0.4, 0.5) is 13.2 Å². The van der Waals surface area contributed by atoms with E-state index < -0.39 is 34.0 Å². The van der Waals surface area contributed by atoms with Gasteiger partial charge in [-0.1, -0.05) is 30.3 Å². The van der Waals surface area contributed by atoms with Gasteiger partial charge in [0.15, 0.2) is 0 Å². The first kappa shape index (κ1) is 15.4. The van der Waals surface area contributed by atoms with Crippen molar-refractivity contribution in [3.05, 3.63) is 35.9 Å². The van der Waals surface area contributed by atoms with Gasteiger partial charge in [0.2, 0.25) is 0 Å². The molecule has 0 aromatic heterocycles. The number of hydrogen-bond acceptors (Lipinski definition) is 3. The number of carboxylic acid groups (broad SMARTS) is 1. The predicted octanol–water partition coefficient (Wildman–Crippen LogP) is 1.29. The number of carboxylic acids is 1. The number of carbonyl (C=O) groups is 1. The van der Waals surface area contributed by atoms with Gasteiger partial charge in [0.25, 0.3) is 0 Å². The van der Waals surface area contributed by atoms with Gasteiger partial charge in [-0.2, -0.15) is 13.2 Å². The summed E-state index contributed by atoms with van der Waals surface area (Å²) in [6, 6.07) is 7.39. The maximum atomic E-state index is 12.1. The second kappa shape index (κ2) is 5.57. The van der Waals surface area contributed by atoms with E-state index in [1.807, 2.05) is 0 Å². The minimum atomic E-state index is -5.55. The summed E-state index contributed by atoms with van der Waals surface area (Å²) in [4.78, 5) is 11.0. The summed E-state index contributed by atoms with van der Waals surface area (Å²) < 4.78 is 59.1. The highest BCUT2D eigenvalue weighted by Crippen LogP contribution is 2.23. The zero-order valence-corrected chi connectivity index (χ0v) is 10.2. The lowest BCUT2D eigenvalue weighted by Crippen LogP contribution is -2.39. The molecule has 0 saturated heterocycles. The lowest BCUT2D eigenvalue weighted by molar-refractivity contribution is -0.138. The van der Waals surface area contributed by atoms with Gasteiger partial charge >= 0.3 is 21.5 Å². The molecule has 2 N–H and O–H groups in total. The molecule has 1 aromatic rings. The minimum Gasteiger partial charge on any atom is -0.481 e. The fourth-order valence-corrected chi connectivity index (χ4v) is 1.86. The first-order valence-electron chi connectivity index (χ1n) is 4.99. The number of aliphatic carboxylic acids is 1. The highest BCUT2D eigenvalue weighted by atomic mass is 32.2. The Kier molecular flexibility index (Phi) is 4.53. The highest BCUT2D eigenvalue weighted by Gasteiger charge is 2.46. The number of benzene rings is 1. The third-order valence-corrected chi connectivity index (χ3v) is 3.44. The normalized spacial score (nSPS) is 14.1. The van der Waals surface area contributed by atoms with Crippen molar-refractivity contribution in [3.63, 3.8) is 0 Å². The summed E-state index contributed by atoms with van der Waals surface area (Å²) in [7, 11) is -5.55. The van der Waals surface area contributed by atoms with Gasteiger partial charge in [-0.05, 0) is 5.56 Å². The second-order valence-corrected chi connectivity index (χ2v) is 5.36. The Labute approximate surface area is 107 Å². The molecule has 0 aliphatic carbocycles. The standard InChI is InChI=1S/C10H10F3NO4S/c11-10(12,13)19(17,18)14-6-8(9(15)16)7-4-2-1-3-5-7/h1-5,8,14H,6H2,(H,15,16). The van der Waals surface area contributed by atoms with Crippen LogP contribution in [0.15, 0.2) is 30.3 Å². The molecule has 1 atom stereocenters. The molecule has 0 spiro atoms. The van der Waals surface area contributed by atoms with E-state index in [0.29, 0.717) is 0 Å². The summed E-state index contributed by atoms with van der Waals surface area (Å²) in [5, 5.41) is 8.91. The van der Waals surface area contributed by atoms with Gasteiger partial charge < -0.3 is 5.11 Å². The van der Waals surface area contributed by atoms with Crippen LogP contribution in [0.5, 0.6) is 0 Å². The number of nitrogens with one attached hydrogen (secondary N) is 1. The largest absolute Gasteiger partial charge is 0.511 e. The van der Waals surface area contributed by atoms with E-state index in [-0.39, 0.29) is 5.56 Å². The third kappa shape index (κ3) is 3.93. The summed E-state index contributed by atoms with van der Waals surface area (Å²) in [5.41, 5.74) is -5.26. The predicted molar refractivity (Wildman–Crippen MR) is 59.8 cm³/mol. The lowest BCUT2D eigenvalue weighted by Gasteiger charge is -2.15. The molecular formula is C10H10F3NO4S. The highest BCUT2D eigenvalue weighted by molar-refractivity contribution is 7.90. The van der Waals surface area contributed by atoms with Gasteiger partial charge in [-0.15, -0.1) is 0 Å². The lowest BCUT2D eigenvalue weighted by atomic mass is 10.00. The van der Waals surface area contributed by atoms with Gasteiger partial charge in [0, 0.05) is 6.54 Å². The zero-order chi connectivity index (χ0) is 14.7. The topological polar surface area (TPSA) is 83.5 Å². The number of sulfonamides is 1. The Hall–Kier alpha value is -1.61. The average Bonchev–Trinajstić information content (AvgIpc) is 2.28. The van der Waals surface area contributed by atoms with E-state index in [0.717, 1.165) is 0 Å². The number of halogens is 3. The molecule has 0 bridgehead atoms. The zero-order valence-electron chi connectivity index (χ0n) is 9.39.